The second kappa shape index (κ2) is 17.4. The molecular formula is C67H43N3. The van der Waals surface area contributed by atoms with Crippen molar-refractivity contribution in [3.05, 3.63) is 261 Å². The average molecular weight is 890 g/mol. The summed E-state index contributed by atoms with van der Waals surface area (Å²) in [6.45, 7) is 0. The van der Waals surface area contributed by atoms with Gasteiger partial charge in [0.2, 0.25) is 0 Å². The van der Waals surface area contributed by atoms with E-state index in [0.29, 0.717) is 5.82 Å². The Morgan fingerprint density at radius 3 is 1.24 bits per heavy atom. The predicted molar refractivity (Wildman–Crippen MR) is 293 cm³/mol. The van der Waals surface area contributed by atoms with Crippen LogP contribution in [-0.4, -0.2) is 15.0 Å². The van der Waals surface area contributed by atoms with E-state index < -0.39 is 0 Å². The topological polar surface area (TPSA) is 38.7 Å². The highest BCUT2D eigenvalue weighted by Crippen LogP contribution is 2.43. The van der Waals surface area contributed by atoms with Gasteiger partial charge in [-0.3, -0.25) is 0 Å². The maximum atomic E-state index is 5.36. The Bertz CT molecular complexity index is 3950. The van der Waals surface area contributed by atoms with Gasteiger partial charge in [-0.15, -0.1) is 0 Å². The van der Waals surface area contributed by atoms with Crippen molar-refractivity contribution < 1.29 is 0 Å². The fourth-order valence-corrected chi connectivity index (χ4v) is 10.1. The molecule has 0 atom stereocenters. The Kier molecular flexibility index (Phi) is 10.2. The highest BCUT2D eigenvalue weighted by Gasteiger charge is 2.18. The Labute approximate surface area is 406 Å². The van der Waals surface area contributed by atoms with Gasteiger partial charge in [-0.2, -0.15) is 0 Å². The van der Waals surface area contributed by atoms with Crippen molar-refractivity contribution in [3.8, 4) is 89.7 Å². The number of rotatable bonds is 8. The molecule has 13 rings (SSSR count). The van der Waals surface area contributed by atoms with E-state index >= 15 is 0 Å². The molecule has 0 aliphatic rings. The lowest BCUT2D eigenvalue weighted by atomic mass is 9.89. The van der Waals surface area contributed by atoms with Crippen molar-refractivity contribution in [2.24, 2.45) is 0 Å². The van der Waals surface area contributed by atoms with Gasteiger partial charge >= 0.3 is 0 Å². The van der Waals surface area contributed by atoms with Crippen LogP contribution in [0.5, 0.6) is 0 Å². The Morgan fingerprint density at radius 1 is 0.229 bits per heavy atom. The van der Waals surface area contributed by atoms with Gasteiger partial charge in [0, 0.05) is 38.4 Å². The van der Waals surface area contributed by atoms with Crippen LogP contribution >= 0.6 is 0 Å². The Balaban J connectivity index is 0.862. The summed E-state index contributed by atoms with van der Waals surface area (Å²) < 4.78 is 0. The zero-order chi connectivity index (χ0) is 46.4. The van der Waals surface area contributed by atoms with Gasteiger partial charge < -0.3 is 0 Å². The molecule has 3 nitrogen and oxygen atoms in total. The van der Waals surface area contributed by atoms with Crippen molar-refractivity contribution in [2.45, 2.75) is 0 Å². The van der Waals surface area contributed by atoms with Crippen LogP contribution in [0.2, 0.25) is 0 Å². The molecule has 2 aromatic heterocycles. The second-order valence-corrected chi connectivity index (χ2v) is 17.9. The van der Waals surface area contributed by atoms with Gasteiger partial charge in [0.1, 0.15) is 0 Å². The summed E-state index contributed by atoms with van der Waals surface area (Å²) in [7, 11) is 0. The molecule has 0 bridgehead atoms. The van der Waals surface area contributed by atoms with Crippen LogP contribution in [0.15, 0.2) is 261 Å². The molecular weight excluding hydrogens is 847 g/mol. The first-order chi connectivity index (χ1) is 34.7. The van der Waals surface area contributed by atoms with Crippen LogP contribution in [-0.2, 0) is 0 Å². The van der Waals surface area contributed by atoms with Crippen LogP contribution in [0.1, 0.15) is 0 Å². The summed E-state index contributed by atoms with van der Waals surface area (Å²) in [5.41, 5.74) is 17.2. The van der Waals surface area contributed by atoms with Gasteiger partial charge in [-0.25, -0.2) is 15.0 Å². The molecule has 0 amide bonds. The quantitative estimate of drug-likeness (QED) is 0.143. The van der Waals surface area contributed by atoms with Gasteiger partial charge in [0.05, 0.1) is 22.6 Å². The fourth-order valence-electron chi connectivity index (χ4n) is 10.1. The van der Waals surface area contributed by atoms with Gasteiger partial charge in [-0.05, 0) is 90.3 Å². The van der Waals surface area contributed by atoms with Gasteiger partial charge in [0.15, 0.2) is 5.82 Å². The lowest BCUT2D eigenvalue weighted by Crippen LogP contribution is -1.96. The summed E-state index contributed by atoms with van der Waals surface area (Å²) >= 11 is 0. The highest BCUT2D eigenvalue weighted by molar-refractivity contribution is 6.25. The average Bonchev–Trinajstić information content (AvgIpc) is 3.45. The van der Waals surface area contributed by atoms with E-state index in [1.165, 1.54) is 49.2 Å². The molecule has 0 fully saturated rings. The molecule has 11 aromatic carbocycles. The van der Waals surface area contributed by atoms with Crippen molar-refractivity contribution >= 4 is 43.2 Å². The van der Waals surface area contributed by atoms with Gasteiger partial charge in [0.25, 0.3) is 0 Å². The molecule has 0 N–H and O–H groups in total. The predicted octanol–water partition coefficient (Wildman–Crippen LogP) is 17.8. The first-order valence-electron chi connectivity index (χ1n) is 23.8. The van der Waals surface area contributed by atoms with Crippen LogP contribution in [0.3, 0.4) is 0 Å². The van der Waals surface area contributed by atoms with Crippen LogP contribution in [0.4, 0.5) is 0 Å². The molecule has 0 unspecified atom stereocenters. The molecule has 2 heterocycles. The van der Waals surface area contributed by atoms with E-state index in [0.717, 1.165) is 77.9 Å². The molecule has 13 aromatic rings. The second-order valence-electron chi connectivity index (χ2n) is 17.9. The summed E-state index contributed by atoms with van der Waals surface area (Å²) in [4.78, 5) is 15.7. The number of aromatic nitrogens is 3. The summed E-state index contributed by atoms with van der Waals surface area (Å²) in [6, 6.07) is 93.0. The normalized spacial score (nSPS) is 11.4. The molecule has 0 saturated heterocycles. The SMILES string of the molecule is c1ccc(-c2ccc(-c3cc(-c4ccc(-c5ccc(-c6cc7c(-c8ccc9ccccc9c8)nc8ccccc8c7c7ccccc67)cc5)cc4)nc(-c4ccc(-c5ccccc5)cc4)n3)cc2)cc1. The molecule has 0 aliphatic heterocycles. The highest BCUT2D eigenvalue weighted by atomic mass is 14.9. The third-order valence-corrected chi connectivity index (χ3v) is 13.7. The third-order valence-electron chi connectivity index (χ3n) is 13.7. The molecule has 70 heavy (non-hydrogen) atoms. The summed E-state index contributed by atoms with van der Waals surface area (Å²) in [5.74, 6) is 0.688. The number of para-hydroxylation sites is 1. The molecule has 3 heteroatoms. The maximum Gasteiger partial charge on any atom is 0.160 e. The first kappa shape index (κ1) is 40.9. The molecule has 0 saturated carbocycles. The van der Waals surface area contributed by atoms with Crippen molar-refractivity contribution in [2.75, 3.05) is 0 Å². The Hall–Kier alpha value is -9.31. The van der Waals surface area contributed by atoms with E-state index in [9.17, 15) is 0 Å². The summed E-state index contributed by atoms with van der Waals surface area (Å²) in [6.07, 6.45) is 0. The minimum absolute atomic E-state index is 0.688. The minimum Gasteiger partial charge on any atom is -0.247 e. The van der Waals surface area contributed by atoms with E-state index in [4.69, 9.17) is 15.0 Å². The van der Waals surface area contributed by atoms with Crippen LogP contribution in [0, 0.1) is 0 Å². The monoisotopic (exact) mass is 889 g/mol. The number of benzene rings is 11. The number of fused-ring (bicyclic) bond motifs is 6. The first-order valence-corrected chi connectivity index (χ1v) is 23.8. The minimum atomic E-state index is 0.688. The standard InChI is InChI=1S/C67H43N3/c1-3-13-44(14-4-1)47-25-34-52(35-26-47)63-43-64(70-67(69-63)54-38-29-48(30-39-54)45-15-5-2-6-16-45)53-36-27-50(28-37-53)49-23-32-51(33-24-49)60-42-61-65(58-20-10-9-19-57(58)60)59-21-11-12-22-62(59)68-66(61)56-40-31-46-17-7-8-18-55(46)41-56/h1-43H. The molecule has 0 radical (unpaired) electrons. The van der Waals surface area contributed by atoms with Crippen LogP contribution in [0.25, 0.3) is 133 Å². The molecule has 0 spiro atoms. The molecule has 0 aliphatic carbocycles. The fraction of sp³-hybridized carbons (Fsp3) is 0. The largest absolute Gasteiger partial charge is 0.247 e. The summed E-state index contributed by atoms with van der Waals surface area (Å²) in [5, 5.41) is 8.40. The maximum absolute atomic E-state index is 5.36. The Morgan fingerprint density at radius 2 is 0.657 bits per heavy atom. The van der Waals surface area contributed by atoms with Gasteiger partial charge in [-0.1, -0.05) is 237 Å². The van der Waals surface area contributed by atoms with Crippen molar-refractivity contribution in [3.63, 3.8) is 0 Å². The van der Waals surface area contributed by atoms with E-state index in [2.05, 4.69) is 249 Å². The van der Waals surface area contributed by atoms with E-state index in [1.807, 2.05) is 12.1 Å². The number of hydrogen-bond donors (Lipinski definition) is 0. The smallest absolute Gasteiger partial charge is 0.160 e. The molecule has 326 valence electrons. The van der Waals surface area contributed by atoms with Crippen LogP contribution < -0.4 is 0 Å². The van der Waals surface area contributed by atoms with E-state index in [-0.39, 0.29) is 0 Å². The number of nitrogens with zero attached hydrogens (tertiary/aromatic N) is 3. The zero-order valence-electron chi connectivity index (χ0n) is 38.2. The number of hydrogen-bond acceptors (Lipinski definition) is 3. The number of pyridine rings is 1. The zero-order valence-corrected chi connectivity index (χ0v) is 38.2. The third kappa shape index (κ3) is 7.56. The van der Waals surface area contributed by atoms with Crippen molar-refractivity contribution in [1.82, 2.24) is 15.0 Å². The van der Waals surface area contributed by atoms with Crippen molar-refractivity contribution in [1.29, 1.82) is 0 Å². The lowest BCUT2D eigenvalue weighted by molar-refractivity contribution is 1.18. The lowest BCUT2D eigenvalue weighted by Gasteiger charge is -2.16. The van der Waals surface area contributed by atoms with E-state index in [1.54, 1.807) is 0 Å².